The van der Waals surface area contributed by atoms with E-state index in [-0.39, 0.29) is 16.9 Å². The van der Waals surface area contributed by atoms with Gasteiger partial charge in [-0.05, 0) is 30.3 Å². The highest BCUT2D eigenvalue weighted by Crippen LogP contribution is 2.15. The molecule has 124 valence electrons. The van der Waals surface area contributed by atoms with Crippen LogP contribution in [0.3, 0.4) is 0 Å². The van der Waals surface area contributed by atoms with Crippen molar-refractivity contribution in [3.63, 3.8) is 0 Å². The summed E-state index contributed by atoms with van der Waals surface area (Å²) in [6.07, 6.45) is 0. The van der Waals surface area contributed by atoms with Crippen molar-refractivity contribution in [2.75, 3.05) is 17.7 Å². The Balaban J connectivity index is 2.06. The van der Waals surface area contributed by atoms with Crippen molar-refractivity contribution in [1.82, 2.24) is 0 Å². The topological polar surface area (TPSA) is 84.5 Å². The number of nitrogens with one attached hydrogen (secondary N) is 2. The number of hydrogen-bond donors (Lipinski definition) is 2. The molecule has 2 rings (SSSR count). The third-order valence-corrected chi connectivity index (χ3v) is 2.93. The maximum atomic E-state index is 13.4. The molecule has 24 heavy (non-hydrogen) atoms. The van der Waals surface area contributed by atoms with Gasteiger partial charge in [-0.2, -0.15) is 0 Å². The van der Waals surface area contributed by atoms with Gasteiger partial charge >= 0.3 is 17.8 Å². The SMILES string of the molecule is COC(=O)c1cccc(NC(=O)C(=O)Nc2ccc(F)cc2F)c1. The maximum absolute atomic E-state index is 13.4. The molecule has 0 saturated carbocycles. The van der Waals surface area contributed by atoms with E-state index in [9.17, 15) is 23.2 Å². The molecule has 0 aliphatic rings. The van der Waals surface area contributed by atoms with Gasteiger partial charge in [-0.25, -0.2) is 13.6 Å². The van der Waals surface area contributed by atoms with Crippen molar-refractivity contribution in [3.8, 4) is 0 Å². The number of amides is 2. The Morgan fingerprint density at radius 1 is 0.958 bits per heavy atom. The van der Waals surface area contributed by atoms with Crippen LogP contribution in [0.2, 0.25) is 0 Å². The van der Waals surface area contributed by atoms with Crippen molar-refractivity contribution >= 4 is 29.2 Å². The molecule has 2 amide bonds. The van der Waals surface area contributed by atoms with E-state index in [2.05, 4.69) is 10.1 Å². The molecule has 6 nitrogen and oxygen atoms in total. The van der Waals surface area contributed by atoms with Gasteiger partial charge in [-0.3, -0.25) is 9.59 Å². The van der Waals surface area contributed by atoms with Crippen molar-refractivity contribution in [3.05, 3.63) is 59.7 Å². The molecule has 0 saturated heterocycles. The summed E-state index contributed by atoms with van der Waals surface area (Å²) in [6.45, 7) is 0. The second-order valence-corrected chi connectivity index (χ2v) is 4.60. The smallest absolute Gasteiger partial charge is 0.337 e. The number of anilines is 2. The van der Waals surface area contributed by atoms with E-state index in [1.165, 1.54) is 31.4 Å². The highest BCUT2D eigenvalue weighted by atomic mass is 19.1. The average Bonchev–Trinajstić information content (AvgIpc) is 2.56. The predicted octanol–water partition coefficient (Wildman–Crippen LogP) is 2.33. The molecule has 0 spiro atoms. The van der Waals surface area contributed by atoms with Crippen molar-refractivity contribution in [2.45, 2.75) is 0 Å². The average molecular weight is 334 g/mol. The van der Waals surface area contributed by atoms with Crippen LogP contribution in [0.1, 0.15) is 10.4 Å². The Bertz CT molecular complexity index is 808. The van der Waals surface area contributed by atoms with E-state index in [4.69, 9.17) is 0 Å². The fraction of sp³-hybridized carbons (Fsp3) is 0.0625. The molecule has 0 aliphatic heterocycles. The quantitative estimate of drug-likeness (QED) is 0.666. The maximum Gasteiger partial charge on any atom is 0.337 e. The van der Waals surface area contributed by atoms with Gasteiger partial charge in [0.1, 0.15) is 11.6 Å². The van der Waals surface area contributed by atoms with Crippen molar-refractivity contribution in [2.24, 2.45) is 0 Å². The predicted molar refractivity (Wildman–Crippen MR) is 81.4 cm³/mol. The first kappa shape index (κ1) is 17.1. The van der Waals surface area contributed by atoms with Crippen LogP contribution in [0.4, 0.5) is 20.2 Å². The van der Waals surface area contributed by atoms with Crippen LogP contribution in [0.5, 0.6) is 0 Å². The van der Waals surface area contributed by atoms with Crippen LogP contribution in [0, 0.1) is 11.6 Å². The zero-order valence-electron chi connectivity index (χ0n) is 12.4. The Morgan fingerprint density at radius 2 is 1.67 bits per heavy atom. The number of halogens is 2. The fourth-order valence-electron chi connectivity index (χ4n) is 1.80. The van der Waals surface area contributed by atoms with Crippen LogP contribution < -0.4 is 10.6 Å². The van der Waals surface area contributed by atoms with Crippen LogP contribution in [0.15, 0.2) is 42.5 Å². The van der Waals surface area contributed by atoms with Crippen molar-refractivity contribution < 1.29 is 27.9 Å². The van der Waals surface area contributed by atoms with E-state index in [1.54, 1.807) is 0 Å². The largest absolute Gasteiger partial charge is 0.465 e. The molecule has 0 bridgehead atoms. The molecule has 0 fully saturated rings. The third-order valence-electron chi connectivity index (χ3n) is 2.93. The fourth-order valence-corrected chi connectivity index (χ4v) is 1.80. The molecule has 0 radical (unpaired) electrons. The lowest BCUT2D eigenvalue weighted by Gasteiger charge is -2.08. The minimum absolute atomic E-state index is 0.178. The number of ether oxygens (including phenoxy) is 1. The molecule has 0 aromatic heterocycles. The first-order valence-electron chi connectivity index (χ1n) is 6.66. The summed E-state index contributed by atoms with van der Waals surface area (Å²) in [5, 5.41) is 4.28. The first-order chi connectivity index (χ1) is 11.4. The lowest BCUT2D eigenvalue weighted by molar-refractivity contribution is -0.133. The van der Waals surface area contributed by atoms with Gasteiger partial charge in [0.2, 0.25) is 0 Å². The summed E-state index contributed by atoms with van der Waals surface area (Å²) in [5.74, 6) is -4.66. The van der Waals surface area contributed by atoms with Gasteiger partial charge in [0.25, 0.3) is 0 Å². The summed E-state index contributed by atoms with van der Waals surface area (Å²) >= 11 is 0. The minimum atomic E-state index is -1.15. The number of esters is 1. The molecule has 2 aromatic carbocycles. The summed E-state index contributed by atoms with van der Waals surface area (Å²) in [7, 11) is 1.21. The summed E-state index contributed by atoms with van der Waals surface area (Å²) in [6, 6.07) is 8.23. The number of carbonyl (C=O) groups excluding carboxylic acids is 3. The Labute approximate surface area is 135 Å². The molecule has 0 atom stereocenters. The molecule has 2 aromatic rings. The summed E-state index contributed by atoms with van der Waals surface area (Å²) in [4.78, 5) is 35.0. The zero-order chi connectivity index (χ0) is 17.7. The Morgan fingerprint density at radius 3 is 2.33 bits per heavy atom. The molecule has 8 heteroatoms. The number of methoxy groups -OCH3 is 1. The highest BCUT2D eigenvalue weighted by molar-refractivity contribution is 6.43. The van der Waals surface area contributed by atoms with E-state index in [1.807, 2.05) is 5.32 Å². The van der Waals surface area contributed by atoms with Crippen LogP contribution in [0.25, 0.3) is 0 Å². The second kappa shape index (κ2) is 7.32. The lowest BCUT2D eigenvalue weighted by Crippen LogP contribution is -2.29. The number of hydrogen-bond acceptors (Lipinski definition) is 4. The van der Waals surface area contributed by atoms with Crippen LogP contribution in [-0.2, 0) is 14.3 Å². The van der Waals surface area contributed by atoms with Crippen LogP contribution >= 0.6 is 0 Å². The van der Waals surface area contributed by atoms with E-state index in [0.717, 1.165) is 12.1 Å². The lowest BCUT2D eigenvalue weighted by atomic mass is 10.2. The molecule has 0 aliphatic carbocycles. The zero-order valence-corrected chi connectivity index (χ0v) is 12.4. The molecule has 0 heterocycles. The van der Waals surface area contributed by atoms with Crippen molar-refractivity contribution in [1.29, 1.82) is 0 Å². The van der Waals surface area contributed by atoms with Gasteiger partial charge in [0, 0.05) is 11.8 Å². The molecular weight excluding hydrogens is 322 g/mol. The minimum Gasteiger partial charge on any atom is -0.465 e. The number of carbonyl (C=O) groups is 3. The van der Waals surface area contributed by atoms with Gasteiger partial charge in [0.05, 0.1) is 18.4 Å². The highest BCUT2D eigenvalue weighted by Gasteiger charge is 2.17. The van der Waals surface area contributed by atoms with Gasteiger partial charge in [-0.1, -0.05) is 6.07 Å². The number of benzene rings is 2. The normalized spacial score (nSPS) is 9.96. The third kappa shape index (κ3) is 4.13. The summed E-state index contributed by atoms with van der Waals surface area (Å²) in [5.41, 5.74) is 0.0257. The van der Waals surface area contributed by atoms with Crippen LogP contribution in [-0.4, -0.2) is 24.9 Å². The summed E-state index contributed by atoms with van der Waals surface area (Å²) < 4.78 is 30.8. The van der Waals surface area contributed by atoms with E-state index < -0.39 is 29.4 Å². The van der Waals surface area contributed by atoms with Gasteiger partial charge < -0.3 is 15.4 Å². The monoisotopic (exact) mass is 334 g/mol. The molecule has 0 unspecified atom stereocenters. The number of rotatable bonds is 3. The Hall–Kier alpha value is -3.29. The first-order valence-corrected chi connectivity index (χ1v) is 6.66. The van der Waals surface area contributed by atoms with Gasteiger partial charge in [-0.15, -0.1) is 0 Å². The molecule has 2 N–H and O–H groups in total. The Kier molecular flexibility index (Phi) is 5.20. The van der Waals surface area contributed by atoms with E-state index >= 15 is 0 Å². The molecular formula is C16H12F2N2O4. The second-order valence-electron chi connectivity index (χ2n) is 4.60. The van der Waals surface area contributed by atoms with Gasteiger partial charge in [0.15, 0.2) is 0 Å². The van der Waals surface area contributed by atoms with E-state index in [0.29, 0.717) is 6.07 Å². The standard InChI is InChI=1S/C16H12F2N2O4/c1-24-16(23)9-3-2-4-11(7-9)19-14(21)15(22)20-13-6-5-10(17)8-12(13)18/h2-8H,1H3,(H,19,21)(H,20,22).